The molecule has 3 aromatic rings. The number of benzene rings is 2. The summed E-state index contributed by atoms with van der Waals surface area (Å²) in [6, 6.07) is 13.2. The molecule has 2 amide bonds. The fourth-order valence-corrected chi connectivity index (χ4v) is 4.62. The van der Waals surface area contributed by atoms with Crippen molar-refractivity contribution in [3.05, 3.63) is 52.9 Å². The molecule has 0 saturated carbocycles. The van der Waals surface area contributed by atoms with Gasteiger partial charge in [0.1, 0.15) is 17.3 Å². The van der Waals surface area contributed by atoms with Crippen LogP contribution in [0.1, 0.15) is 19.8 Å². The van der Waals surface area contributed by atoms with Gasteiger partial charge in [0.15, 0.2) is 6.61 Å². The highest BCUT2D eigenvalue weighted by atomic mass is 35.5. The van der Waals surface area contributed by atoms with Crippen molar-refractivity contribution >= 4 is 40.4 Å². The van der Waals surface area contributed by atoms with Crippen LogP contribution in [0.5, 0.6) is 5.75 Å². The van der Waals surface area contributed by atoms with Gasteiger partial charge in [0.05, 0.1) is 16.4 Å². The molecule has 0 N–H and O–H groups in total. The van der Waals surface area contributed by atoms with Gasteiger partial charge in [-0.1, -0.05) is 43.1 Å². The highest BCUT2D eigenvalue weighted by Crippen LogP contribution is 2.38. The molecule has 2 aromatic carbocycles. The van der Waals surface area contributed by atoms with Crippen molar-refractivity contribution in [2.24, 2.45) is 0 Å². The number of fused-ring (bicyclic) bond motifs is 1. The van der Waals surface area contributed by atoms with Gasteiger partial charge in [-0.05, 0) is 30.7 Å². The lowest BCUT2D eigenvalue weighted by atomic mass is 10.1. The summed E-state index contributed by atoms with van der Waals surface area (Å²) in [5.74, 6) is 0.251. The van der Waals surface area contributed by atoms with Gasteiger partial charge in [-0.15, -0.1) is 11.3 Å². The third-order valence-electron chi connectivity index (χ3n) is 5.37. The second-order valence-corrected chi connectivity index (χ2v) is 8.90. The van der Waals surface area contributed by atoms with Crippen LogP contribution in [0, 0.1) is 0 Å². The third-order valence-corrected chi connectivity index (χ3v) is 6.58. The highest BCUT2D eigenvalue weighted by molar-refractivity contribution is 7.13. The molecule has 0 saturated heterocycles. The van der Waals surface area contributed by atoms with Gasteiger partial charge in [-0.3, -0.25) is 14.5 Å². The Morgan fingerprint density at radius 3 is 2.88 bits per heavy atom. The number of hydrogen-bond donors (Lipinski definition) is 0. The van der Waals surface area contributed by atoms with Crippen molar-refractivity contribution < 1.29 is 14.3 Å². The molecule has 1 aliphatic rings. The summed E-state index contributed by atoms with van der Waals surface area (Å²) in [7, 11) is 1.77. The van der Waals surface area contributed by atoms with Gasteiger partial charge in [-0.2, -0.15) is 0 Å². The molecule has 6 nitrogen and oxygen atoms in total. The van der Waals surface area contributed by atoms with Crippen molar-refractivity contribution in [2.75, 3.05) is 31.6 Å². The molecule has 166 valence electrons. The maximum Gasteiger partial charge on any atom is 0.265 e. The van der Waals surface area contributed by atoms with Crippen molar-refractivity contribution in [1.82, 2.24) is 9.88 Å². The second kappa shape index (κ2) is 9.71. The average Bonchev–Trinajstić information content (AvgIpc) is 3.29. The van der Waals surface area contributed by atoms with Gasteiger partial charge in [0.25, 0.3) is 5.91 Å². The Labute approximate surface area is 196 Å². The summed E-state index contributed by atoms with van der Waals surface area (Å²) in [6.45, 7) is 2.66. The van der Waals surface area contributed by atoms with E-state index in [0.29, 0.717) is 23.0 Å². The van der Waals surface area contributed by atoms with Crippen molar-refractivity contribution in [2.45, 2.75) is 19.8 Å². The number of aromatic nitrogens is 1. The maximum atomic E-state index is 12.7. The molecule has 0 fully saturated rings. The number of amides is 2. The van der Waals surface area contributed by atoms with Gasteiger partial charge < -0.3 is 9.64 Å². The molecule has 0 unspecified atom stereocenters. The topological polar surface area (TPSA) is 62.7 Å². The summed E-state index contributed by atoms with van der Waals surface area (Å²) in [5.41, 5.74) is 3.08. The minimum Gasteiger partial charge on any atom is -0.482 e. The fraction of sp³-hybridized carbons (Fsp3) is 0.292. The molecule has 4 rings (SSSR count). The number of carbonyl (C=O) groups is 2. The largest absolute Gasteiger partial charge is 0.482 e. The predicted octanol–water partition coefficient (Wildman–Crippen LogP) is 5.11. The number of hydrogen-bond acceptors (Lipinski definition) is 5. The van der Waals surface area contributed by atoms with E-state index in [9.17, 15) is 9.59 Å². The summed E-state index contributed by atoms with van der Waals surface area (Å²) in [4.78, 5) is 33.2. The number of carbonyl (C=O) groups excluding carboxylic acids is 2. The number of likely N-dealkylation sites (N-methyl/N-ethyl adjacent to an activating group) is 1. The third kappa shape index (κ3) is 4.64. The first-order valence-corrected chi connectivity index (χ1v) is 11.8. The molecule has 0 bridgehead atoms. The summed E-state index contributed by atoms with van der Waals surface area (Å²) >= 11 is 7.82. The smallest absolute Gasteiger partial charge is 0.265 e. The summed E-state index contributed by atoms with van der Waals surface area (Å²) in [6.07, 6.45) is 1.93. The van der Waals surface area contributed by atoms with Crippen molar-refractivity contribution in [3.8, 4) is 27.6 Å². The van der Waals surface area contributed by atoms with Crippen LogP contribution in [0.3, 0.4) is 0 Å². The molecule has 0 radical (unpaired) electrons. The Kier molecular flexibility index (Phi) is 6.77. The van der Waals surface area contributed by atoms with E-state index in [0.717, 1.165) is 34.7 Å². The molecule has 1 aliphatic heterocycles. The standard InChI is InChI=1S/C24H24ClN3O3S/c1-3-4-11-27(2)22(29)13-28-20-12-16(9-10-21(20)31-14-23(28)30)19-15-32-24(26-19)17-7-5-6-8-18(17)25/h5-10,12,15H,3-4,11,13-14H2,1-2H3. The number of anilines is 1. The Hall–Kier alpha value is -2.90. The number of thiazole rings is 1. The Morgan fingerprint density at radius 2 is 2.09 bits per heavy atom. The SMILES string of the molecule is CCCCN(C)C(=O)CN1C(=O)COc2ccc(-c3csc(-c4ccccc4Cl)n3)cc21. The second-order valence-electron chi connectivity index (χ2n) is 7.64. The van der Waals surface area contributed by atoms with Crippen LogP contribution in [0.15, 0.2) is 47.8 Å². The number of nitrogens with zero attached hydrogens (tertiary/aromatic N) is 3. The molecule has 2 heterocycles. The predicted molar refractivity (Wildman–Crippen MR) is 128 cm³/mol. The van der Waals surface area contributed by atoms with E-state index in [4.69, 9.17) is 21.3 Å². The zero-order valence-electron chi connectivity index (χ0n) is 18.0. The highest BCUT2D eigenvalue weighted by Gasteiger charge is 2.29. The lowest BCUT2D eigenvalue weighted by Crippen LogP contribution is -2.45. The van der Waals surface area contributed by atoms with Crippen LogP contribution < -0.4 is 9.64 Å². The number of unbranched alkanes of at least 4 members (excludes halogenated alkanes) is 1. The first-order chi connectivity index (χ1) is 15.5. The minimum absolute atomic E-state index is 0.0131. The lowest BCUT2D eigenvalue weighted by molar-refractivity contribution is -0.131. The summed E-state index contributed by atoms with van der Waals surface area (Å²) < 4.78 is 5.60. The van der Waals surface area contributed by atoms with Gasteiger partial charge >= 0.3 is 0 Å². The van der Waals surface area contributed by atoms with Crippen molar-refractivity contribution in [1.29, 1.82) is 0 Å². The lowest BCUT2D eigenvalue weighted by Gasteiger charge is -2.30. The zero-order chi connectivity index (χ0) is 22.7. The molecule has 1 aromatic heterocycles. The van der Waals surface area contributed by atoms with E-state index >= 15 is 0 Å². The average molecular weight is 470 g/mol. The van der Waals surface area contributed by atoms with E-state index < -0.39 is 0 Å². The van der Waals surface area contributed by atoms with Crippen LogP contribution in [0.2, 0.25) is 5.02 Å². The zero-order valence-corrected chi connectivity index (χ0v) is 19.6. The van der Waals surface area contributed by atoms with E-state index in [1.54, 1.807) is 11.9 Å². The Morgan fingerprint density at radius 1 is 1.28 bits per heavy atom. The monoisotopic (exact) mass is 469 g/mol. The molecule has 0 atom stereocenters. The van der Waals surface area contributed by atoms with E-state index in [1.165, 1.54) is 16.2 Å². The normalized spacial score (nSPS) is 13.0. The van der Waals surface area contributed by atoms with E-state index in [-0.39, 0.29) is 25.0 Å². The molecule has 0 aliphatic carbocycles. The van der Waals surface area contributed by atoms with E-state index in [2.05, 4.69) is 6.92 Å². The summed E-state index contributed by atoms with van der Waals surface area (Å²) in [5, 5.41) is 3.43. The van der Waals surface area contributed by atoms with Crippen LogP contribution in [0.25, 0.3) is 21.8 Å². The number of rotatable bonds is 7. The van der Waals surface area contributed by atoms with Gasteiger partial charge in [0.2, 0.25) is 5.91 Å². The molecular formula is C24H24ClN3O3S. The number of ether oxygens (including phenoxy) is 1. The van der Waals surface area contributed by atoms with Crippen molar-refractivity contribution in [3.63, 3.8) is 0 Å². The number of halogens is 1. The van der Waals surface area contributed by atoms with Crippen LogP contribution in [-0.4, -0.2) is 48.4 Å². The molecular weight excluding hydrogens is 446 g/mol. The van der Waals surface area contributed by atoms with Crippen LogP contribution in [0.4, 0.5) is 5.69 Å². The van der Waals surface area contributed by atoms with E-state index in [1.807, 2.05) is 47.8 Å². The first-order valence-electron chi connectivity index (χ1n) is 10.5. The Balaban J connectivity index is 1.61. The maximum absolute atomic E-state index is 12.7. The first kappa shape index (κ1) is 22.3. The van der Waals surface area contributed by atoms with Gasteiger partial charge in [-0.25, -0.2) is 4.98 Å². The fourth-order valence-electron chi connectivity index (χ4n) is 3.48. The Bertz CT molecular complexity index is 1150. The molecule has 8 heteroatoms. The van der Waals surface area contributed by atoms with Gasteiger partial charge in [0, 0.05) is 30.1 Å². The van der Waals surface area contributed by atoms with Crippen LogP contribution in [-0.2, 0) is 9.59 Å². The molecule has 32 heavy (non-hydrogen) atoms. The van der Waals surface area contributed by atoms with Crippen LogP contribution >= 0.6 is 22.9 Å². The minimum atomic E-state index is -0.234. The quantitative estimate of drug-likeness (QED) is 0.482. The molecule has 0 spiro atoms.